The molecule has 0 aliphatic heterocycles. The molecule has 0 spiro atoms. The van der Waals surface area contributed by atoms with Gasteiger partial charge >= 0.3 is 0 Å². The summed E-state index contributed by atoms with van der Waals surface area (Å²) in [6, 6.07) is 0. The second-order valence-electron chi connectivity index (χ2n) is 5.90. The van der Waals surface area contributed by atoms with E-state index in [0.717, 1.165) is 52.1 Å². The number of hydrogen-bond acceptors (Lipinski definition) is 8. The first-order valence-corrected chi connectivity index (χ1v) is 8.29. The highest BCUT2D eigenvalue weighted by atomic mass is 15.1. The summed E-state index contributed by atoms with van der Waals surface area (Å²) in [5.74, 6) is 0. The van der Waals surface area contributed by atoms with Gasteiger partial charge in [-0.15, -0.1) is 0 Å². The van der Waals surface area contributed by atoms with Crippen molar-refractivity contribution >= 4 is 0 Å². The zero-order valence-electron chi connectivity index (χ0n) is 14.1. The molecular formula is C14H38N8. The van der Waals surface area contributed by atoms with Gasteiger partial charge in [-0.1, -0.05) is 0 Å². The van der Waals surface area contributed by atoms with Crippen LogP contribution in [0.25, 0.3) is 0 Å². The van der Waals surface area contributed by atoms with Crippen LogP contribution in [0, 0.1) is 0 Å². The molecule has 12 N–H and O–H groups in total. The van der Waals surface area contributed by atoms with E-state index in [2.05, 4.69) is 9.80 Å². The lowest BCUT2D eigenvalue weighted by molar-refractivity contribution is 0.214. The zero-order valence-corrected chi connectivity index (χ0v) is 14.1. The van der Waals surface area contributed by atoms with Crippen LogP contribution in [0.4, 0.5) is 0 Å². The zero-order chi connectivity index (χ0) is 16.8. The maximum atomic E-state index is 6.48. The van der Waals surface area contributed by atoms with E-state index >= 15 is 0 Å². The third kappa shape index (κ3) is 9.65. The Morgan fingerprint density at radius 2 is 0.864 bits per heavy atom. The minimum atomic E-state index is -0.372. The molecule has 0 saturated heterocycles. The average molecular weight is 319 g/mol. The summed E-state index contributed by atoms with van der Waals surface area (Å²) in [6.07, 6.45) is 1.67. The normalized spacial score (nSPS) is 12.5. The molecule has 0 unspecified atom stereocenters. The van der Waals surface area contributed by atoms with Gasteiger partial charge in [0.2, 0.25) is 0 Å². The van der Waals surface area contributed by atoms with E-state index < -0.39 is 0 Å². The predicted molar refractivity (Wildman–Crippen MR) is 94.3 cm³/mol. The molecule has 0 aromatic rings. The van der Waals surface area contributed by atoms with Crippen LogP contribution in [-0.2, 0) is 0 Å². The quantitative estimate of drug-likeness (QED) is 0.184. The van der Waals surface area contributed by atoms with Crippen LogP contribution >= 0.6 is 0 Å². The second-order valence-corrected chi connectivity index (χ2v) is 5.90. The average Bonchev–Trinajstić information content (AvgIpc) is 2.51. The van der Waals surface area contributed by atoms with Crippen LogP contribution in [-0.4, -0.2) is 87.3 Å². The third-order valence-electron chi connectivity index (χ3n) is 4.04. The molecule has 134 valence electrons. The van der Waals surface area contributed by atoms with Crippen LogP contribution in [0.3, 0.4) is 0 Å². The van der Waals surface area contributed by atoms with Gasteiger partial charge in [-0.25, -0.2) is 0 Å². The number of nitrogens with two attached hydrogens (primary N) is 6. The van der Waals surface area contributed by atoms with Crippen molar-refractivity contribution in [1.82, 2.24) is 9.80 Å². The Bertz CT molecular complexity index is 219. The number of hydrogen-bond donors (Lipinski definition) is 6. The highest BCUT2D eigenvalue weighted by Gasteiger charge is 2.24. The van der Waals surface area contributed by atoms with Gasteiger partial charge in [0.25, 0.3) is 0 Å². The molecule has 0 saturated carbocycles. The molecule has 0 aliphatic rings. The molecule has 0 amide bonds. The van der Waals surface area contributed by atoms with E-state index in [0.29, 0.717) is 32.7 Å². The van der Waals surface area contributed by atoms with Crippen LogP contribution in [0.1, 0.15) is 12.8 Å². The molecule has 8 heteroatoms. The van der Waals surface area contributed by atoms with E-state index in [-0.39, 0.29) is 5.54 Å². The molecule has 0 rings (SSSR count). The maximum absolute atomic E-state index is 6.48. The standard InChI is InChI=1S/C14H38N8/c15-3-9-21(10-4-16)7-1-14(20,13-19)2-8-22(11-5-17)12-6-18/h1-13,15-20H2. The van der Waals surface area contributed by atoms with E-state index in [1.54, 1.807) is 0 Å². The summed E-state index contributed by atoms with van der Waals surface area (Å²) < 4.78 is 0. The first kappa shape index (κ1) is 21.7. The first-order valence-electron chi connectivity index (χ1n) is 8.29. The first-order chi connectivity index (χ1) is 10.5. The largest absolute Gasteiger partial charge is 0.329 e. The molecule has 0 radical (unpaired) electrons. The van der Waals surface area contributed by atoms with Gasteiger partial charge in [0.1, 0.15) is 0 Å². The van der Waals surface area contributed by atoms with Crippen LogP contribution in [0.15, 0.2) is 0 Å². The lowest BCUT2D eigenvalue weighted by Crippen LogP contribution is -2.52. The van der Waals surface area contributed by atoms with Crippen LogP contribution < -0.4 is 34.4 Å². The molecule has 0 atom stereocenters. The SMILES string of the molecule is NCCN(CCN)CCC(N)(CN)CCN(CCN)CCN. The third-order valence-corrected chi connectivity index (χ3v) is 4.04. The lowest BCUT2D eigenvalue weighted by atomic mass is 9.91. The maximum Gasteiger partial charge on any atom is 0.0303 e. The summed E-state index contributed by atoms with van der Waals surface area (Å²) >= 11 is 0. The van der Waals surface area contributed by atoms with E-state index in [4.69, 9.17) is 34.4 Å². The van der Waals surface area contributed by atoms with Gasteiger partial charge < -0.3 is 44.2 Å². The van der Waals surface area contributed by atoms with Gasteiger partial charge in [0.05, 0.1) is 0 Å². The van der Waals surface area contributed by atoms with Gasteiger partial charge in [0, 0.05) is 77.5 Å². The molecule has 0 aromatic carbocycles. The fraction of sp³-hybridized carbons (Fsp3) is 1.00. The molecule has 0 aliphatic carbocycles. The van der Waals surface area contributed by atoms with Crippen molar-refractivity contribution in [3.8, 4) is 0 Å². The molecule has 22 heavy (non-hydrogen) atoms. The highest BCUT2D eigenvalue weighted by molar-refractivity contribution is 4.87. The number of rotatable bonds is 15. The molecule has 0 bridgehead atoms. The summed E-state index contributed by atoms with van der Waals surface area (Å²) in [6.45, 7) is 8.06. The smallest absolute Gasteiger partial charge is 0.0303 e. The molecule has 0 heterocycles. The lowest BCUT2D eigenvalue weighted by Gasteiger charge is -2.33. The minimum absolute atomic E-state index is 0.372. The van der Waals surface area contributed by atoms with Gasteiger partial charge in [-0.2, -0.15) is 0 Å². The summed E-state index contributed by atoms with van der Waals surface area (Å²) in [4.78, 5) is 4.49. The van der Waals surface area contributed by atoms with Crippen molar-refractivity contribution in [2.24, 2.45) is 34.4 Å². The van der Waals surface area contributed by atoms with Crippen molar-refractivity contribution in [1.29, 1.82) is 0 Å². The van der Waals surface area contributed by atoms with Gasteiger partial charge in [0.15, 0.2) is 0 Å². The van der Waals surface area contributed by atoms with Crippen molar-refractivity contribution in [3.63, 3.8) is 0 Å². The number of nitrogens with zero attached hydrogens (tertiary/aromatic N) is 2. The molecule has 0 aromatic heterocycles. The Morgan fingerprint density at radius 3 is 1.09 bits per heavy atom. The van der Waals surface area contributed by atoms with Crippen molar-refractivity contribution < 1.29 is 0 Å². The fourth-order valence-corrected chi connectivity index (χ4v) is 2.49. The summed E-state index contributed by atoms with van der Waals surface area (Å²) in [7, 11) is 0. The highest BCUT2D eigenvalue weighted by Crippen LogP contribution is 2.12. The van der Waals surface area contributed by atoms with E-state index in [1.165, 1.54) is 0 Å². The Balaban J connectivity index is 4.35. The van der Waals surface area contributed by atoms with Crippen LogP contribution in [0.2, 0.25) is 0 Å². The van der Waals surface area contributed by atoms with Crippen LogP contribution in [0.5, 0.6) is 0 Å². The monoisotopic (exact) mass is 318 g/mol. The minimum Gasteiger partial charge on any atom is -0.329 e. The summed E-state index contributed by atoms with van der Waals surface area (Å²) in [5, 5.41) is 0. The van der Waals surface area contributed by atoms with Crippen molar-refractivity contribution in [2.45, 2.75) is 18.4 Å². The van der Waals surface area contributed by atoms with Gasteiger partial charge in [-0.3, -0.25) is 0 Å². The summed E-state index contributed by atoms with van der Waals surface area (Å²) in [5.41, 5.74) is 34.5. The van der Waals surface area contributed by atoms with Crippen molar-refractivity contribution in [2.75, 3.05) is 72.0 Å². The van der Waals surface area contributed by atoms with Gasteiger partial charge in [-0.05, 0) is 12.8 Å². The molecular weight excluding hydrogens is 280 g/mol. The molecule has 8 nitrogen and oxygen atoms in total. The predicted octanol–water partition coefficient (Wildman–Crippen LogP) is -3.14. The van der Waals surface area contributed by atoms with Crippen molar-refractivity contribution in [3.05, 3.63) is 0 Å². The Morgan fingerprint density at radius 1 is 0.545 bits per heavy atom. The fourth-order valence-electron chi connectivity index (χ4n) is 2.49. The van der Waals surface area contributed by atoms with E-state index in [1.807, 2.05) is 0 Å². The Kier molecular flexibility index (Phi) is 13.0. The molecule has 0 fully saturated rings. The van der Waals surface area contributed by atoms with E-state index in [9.17, 15) is 0 Å². The Hall–Kier alpha value is -0.320. The second kappa shape index (κ2) is 13.1. The topological polar surface area (TPSA) is 163 Å². The Labute approximate surface area is 135 Å².